The fourth-order valence-electron chi connectivity index (χ4n) is 5.54. The zero-order chi connectivity index (χ0) is 29.9. The van der Waals surface area contributed by atoms with Crippen molar-refractivity contribution in [3.05, 3.63) is 144 Å². The predicted octanol–water partition coefficient (Wildman–Crippen LogP) is 8.87. The Morgan fingerprint density at radius 1 is 0.524 bits per heavy atom. The van der Waals surface area contributed by atoms with Gasteiger partial charge in [-0.25, -0.2) is 0 Å². The Kier molecular flexibility index (Phi) is 11.6. The van der Waals surface area contributed by atoms with Gasteiger partial charge < -0.3 is 9.80 Å². The van der Waals surface area contributed by atoms with Gasteiger partial charge in [0.05, 0.1) is 0 Å². The second-order valence-electron chi connectivity index (χ2n) is 10.7. The van der Waals surface area contributed by atoms with Crippen molar-refractivity contribution in [1.82, 2.24) is 9.80 Å². The lowest BCUT2D eigenvalue weighted by Crippen LogP contribution is -2.26. The Bertz CT molecular complexity index is 1300. The molecule has 3 heteroatoms. The van der Waals surface area contributed by atoms with Crippen LogP contribution in [0.5, 0.6) is 0 Å². The van der Waals surface area contributed by atoms with E-state index in [4.69, 9.17) is 0 Å². The SMILES string of the molecule is CCN(CC)/C(=C\C(/C=C(/c1ccc(C)cc1)N(CC)CC)P(c1ccccc1)c1ccccc1)c1ccc(C)cc1. The van der Waals surface area contributed by atoms with E-state index >= 15 is 0 Å². The summed E-state index contributed by atoms with van der Waals surface area (Å²) in [6.45, 7) is 17.2. The molecule has 4 aromatic rings. The van der Waals surface area contributed by atoms with E-state index in [0.29, 0.717) is 0 Å². The van der Waals surface area contributed by atoms with Gasteiger partial charge in [0.25, 0.3) is 0 Å². The second-order valence-corrected chi connectivity index (χ2v) is 13.1. The van der Waals surface area contributed by atoms with Gasteiger partial charge in [0.1, 0.15) is 0 Å². The van der Waals surface area contributed by atoms with Crippen LogP contribution in [0.25, 0.3) is 11.4 Å². The minimum atomic E-state index is -0.748. The van der Waals surface area contributed by atoms with Crippen molar-refractivity contribution in [1.29, 1.82) is 0 Å². The van der Waals surface area contributed by atoms with Crippen LogP contribution in [0, 0.1) is 13.8 Å². The Hall–Kier alpha value is -3.61. The Morgan fingerprint density at radius 2 is 0.857 bits per heavy atom. The summed E-state index contributed by atoms with van der Waals surface area (Å²) in [7, 11) is -0.748. The summed E-state index contributed by atoms with van der Waals surface area (Å²) in [4.78, 5) is 5.02. The molecule has 0 aliphatic carbocycles. The van der Waals surface area contributed by atoms with E-state index < -0.39 is 7.92 Å². The first-order valence-electron chi connectivity index (χ1n) is 15.5. The maximum absolute atomic E-state index is 2.57. The summed E-state index contributed by atoms with van der Waals surface area (Å²) < 4.78 is 0. The van der Waals surface area contributed by atoms with E-state index in [9.17, 15) is 0 Å². The molecular formula is C39H47N2P. The largest absolute Gasteiger partial charge is 0.372 e. The van der Waals surface area contributed by atoms with Crippen molar-refractivity contribution in [2.24, 2.45) is 0 Å². The second kappa shape index (κ2) is 15.6. The number of aryl methyl sites for hydroxylation is 2. The Balaban J connectivity index is 2.04. The van der Waals surface area contributed by atoms with Crippen LogP contribution >= 0.6 is 7.92 Å². The molecule has 0 bridgehead atoms. The molecule has 0 saturated heterocycles. The molecule has 0 N–H and O–H groups in total. The normalized spacial score (nSPS) is 12.8. The molecule has 0 aliphatic rings. The summed E-state index contributed by atoms with van der Waals surface area (Å²) >= 11 is 0. The molecule has 0 radical (unpaired) electrons. The molecule has 0 spiro atoms. The fourth-order valence-corrected chi connectivity index (χ4v) is 8.09. The zero-order valence-corrected chi connectivity index (χ0v) is 27.2. The first-order chi connectivity index (χ1) is 20.5. The standard InChI is InChI=1S/C39H47N2P/c1-7-40(8-2)38(33-25-21-31(5)22-26-33)29-37(30-39(41(9-3)10-4)34-27-23-32(6)24-28-34)42(35-17-13-11-14-18-35)36-19-15-12-16-20-36/h11-30,37H,7-10H2,1-6H3/b38-29-,39-30-. The van der Waals surface area contributed by atoms with Gasteiger partial charge in [-0.15, -0.1) is 0 Å². The van der Waals surface area contributed by atoms with Gasteiger partial charge in [0.15, 0.2) is 0 Å². The van der Waals surface area contributed by atoms with E-state index in [1.54, 1.807) is 0 Å². The predicted molar refractivity (Wildman–Crippen MR) is 187 cm³/mol. The Morgan fingerprint density at radius 3 is 1.17 bits per heavy atom. The van der Waals surface area contributed by atoms with Crippen molar-refractivity contribution in [3.63, 3.8) is 0 Å². The minimum Gasteiger partial charge on any atom is -0.372 e. The van der Waals surface area contributed by atoms with Crippen LogP contribution in [-0.2, 0) is 0 Å². The summed E-state index contributed by atoms with van der Waals surface area (Å²) in [5.41, 5.74) is 7.91. The van der Waals surface area contributed by atoms with E-state index in [-0.39, 0.29) is 5.66 Å². The lowest BCUT2D eigenvalue weighted by Gasteiger charge is -2.32. The quantitative estimate of drug-likeness (QED) is 0.147. The van der Waals surface area contributed by atoms with Crippen LogP contribution in [0.15, 0.2) is 121 Å². The fraction of sp³-hybridized carbons (Fsp3) is 0.282. The highest BCUT2D eigenvalue weighted by atomic mass is 31.1. The average molecular weight is 575 g/mol. The highest BCUT2D eigenvalue weighted by Gasteiger charge is 2.25. The number of nitrogens with zero attached hydrogens (tertiary/aromatic N) is 2. The van der Waals surface area contributed by atoms with Crippen molar-refractivity contribution in [2.45, 2.75) is 47.2 Å². The van der Waals surface area contributed by atoms with Gasteiger partial charge in [-0.05, 0) is 83.4 Å². The number of hydrogen-bond acceptors (Lipinski definition) is 2. The molecule has 0 amide bonds. The molecule has 218 valence electrons. The molecule has 0 atom stereocenters. The van der Waals surface area contributed by atoms with Crippen LogP contribution in [0.2, 0.25) is 0 Å². The van der Waals surface area contributed by atoms with Gasteiger partial charge in [-0.3, -0.25) is 0 Å². The summed E-state index contributed by atoms with van der Waals surface area (Å²) in [5.74, 6) is 0. The first kappa shape index (κ1) is 31.3. The van der Waals surface area contributed by atoms with Gasteiger partial charge in [0.2, 0.25) is 0 Å². The van der Waals surface area contributed by atoms with Crippen molar-refractivity contribution >= 4 is 29.9 Å². The van der Waals surface area contributed by atoms with Crippen LogP contribution in [-0.4, -0.2) is 41.6 Å². The Labute approximate surface area is 256 Å². The molecule has 0 aromatic heterocycles. The molecule has 2 nitrogen and oxygen atoms in total. The van der Waals surface area contributed by atoms with E-state index in [1.807, 2.05) is 0 Å². The highest BCUT2D eigenvalue weighted by Crippen LogP contribution is 2.44. The molecule has 0 aliphatic heterocycles. The van der Waals surface area contributed by atoms with Gasteiger partial charge in [-0.1, -0.05) is 120 Å². The van der Waals surface area contributed by atoms with Crippen LogP contribution in [0.1, 0.15) is 49.9 Å². The lowest BCUT2D eigenvalue weighted by molar-refractivity contribution is 0.439. The van der Waals surface area contributed by atoms with Crippen molar-refractivity contribution in [2.75, 3.05) is 26.2 Å². The topological polar surface area (TPSA) is 6.48 Å². The number of allylic oxidation sites excluding steroid dienone is 2. The summed E-state index contributed by atoms with van der Waals surface area (Å²) in [5, 5.41) is 2.78. The van der Waals surface area contributed by atoms with Crippen LogP contribution in [0.3, 0.4) is 0 Å². The van der Waals surface area contributed by atoms with Gasteiger partial charge >= 0.3 is 0 Å². The molecule has 4 rings (SSSR count). The lowest BCUT2D eigenvalue weighted by atomic mass is 10.0. The third-order valence-electron chi connectivity index (χ3n) is 7.93. The average Bonchev–Trinajstić information content (AvgIpc) is 3.03. The third kappa shape index (κ3) is 7.81. The number of rotatable bonds is 13. The first-order valence-corrected chi connectivity index (χ1v) is 16.9. The van der Waals surface area contributed by atoms with Gasteiger partial charge in [0, 0.05) is 43.2 Å². The van der Waals surface area contributed by atoms with Crippen molar-refractivity contribution < 1.29 is 0 Å². The van der Waals surface area contributed by atoms with Crippen LogP contribution in [0.4, 0.5) is 0 Å². The molecule has 0 heterocycles. The van der Waals surface area contributed by atoms with Crippen LogP contribution < -0.4 is 10.6 Å². The van der Waals surface area contributed by atoms with Crippen molar-refractivity contribution in [3.8, 4) is 0 Å². The van der Waals surface area contributed by atoms with Gasteiger partial charge in [-0.2, -0.15) is 0 Å². The smallest absolute Gasteiger partial charge is 0.0408 e. The maximum Gasteiger partial charge on any atom is 0.0408 e. The highest BCUT2D eigenvalue weighted by molar-refractivity contribution is 7.74. The van der Waals surface area contributed by atoms with E-state index in [0.717, 1.165) is 26.2 Å². The number of hydrogen-bond donors (Lipinski definition) is 0. The molecule has 42 heavy (non-hydrogen) atoms. The van der Waals surface area contributed by atoms with E-state index in [2.05, 4.69) is 173 Å². The molecule has 4 aromatic carbocycles. The monoisotopic (exact) mass is 574 g/mol. The zero-order valence-electron chi connectivity index (χ0n) is 26.3. The number of benzene rings is 4. The maximum atomic E-state index is 2.57. The molecule has 0 unspecified atom stereocenters. The molecular weight excluding hydrogens is 527 g/mol. The molecule has 0 fully saturated rings. The summed E-state index contributed by atoms with van der Waals surface area (Å²) in [6.07, 6.45) is 5.14. The summed E-state index contributed by atoms with van der Waals surface area (Å²) in [6, 6.07) is 40.4. The third-order valence-corrected chi connectivity index (χ3v) is 10.5. The minimum absolute atomic E-state index is 0.165. The van der Waals surface area contributed by atoms with E-state index in [1.165, 1.54) is 44.3 Å². The molecule has 0 saturated carbocycles.